The molecule has 0 radical (unpaired) electrons. The third-order valence-corrected chi connectivity index (χ3v) is 4.69. The van der Waals surface area contributed by atoms with Crippen molar-refractivity contribution >= 4 is 41.8 Å². The molecule has 0 bridgehead atoms. The Hall–Kier alpha value is -1.30. The second-order valence-corrected chi connectivity index (χ2v) is 6.23. The van der Waals surface area contributed by atoms with Gasteiger partial charge in [0, 0.05) is 38.0 Å². The van der Waals surface area contributed by atoms with E-state index in [2.05, 4.69) is 42.1 Å². The van der Waals surface area contributed by atoms with Gasteiger partial charge in [0.25, 0.3) is 0 Å². The van der Waals surface area contributed by atoms with Crippen LogP contribution in [0.3, 0.4) is 0 Å². The van der Waals surface area contributed by atoms with Crippen LogP contribution in [0.5, 0.6) is 0 Å². The van der Waals surface area contributed by atoms with Crippen molar-refractivity contribution in [1.29, 1.82) is 0 Å². The smallest absolute Gasteiger partial charge is 0.223 e. The monoisotopic (exact) mass is 372 g/mol. The van der Waals surface area contributed by atoms with Crippen LogP contribution >= 0.6 is 24.8 Å². The number of benzene rings is 1. The largest absolute Gasteiger partial charge is 0.342 e. The molecule has 24 heavy (non-hydrogen) atoms. The first-order valence-corrected chi connectivity index (χ1v) is 8.03. The van der Waals surface area contributed by atoms with E-state index in [0.29, 0.717) is 18.9 Å². The molecule has 0 saturated carbocycles. The number of carbonyl (C=O) groups excluding carboxylic acids is 1. The van der Waals surface area contributed by atoms with Crippen molar-refractivity contribution < 1.29 is 4.79 Å². The Balaban J connectivity index is 0.00000144. The van der Waals surface area contributed by atoms with Crippen LogP contribution in [-0.4, -0.2) is 45.9 Å². The zero-order valence-corrected chi connectivity index (χ0v) is 16.0. The molecule has 0 aliphatic carbocycles. The molecule has 0 spiro atoms. The summed E-state index contributed by atoms with van der Waals surface area (Å²) in [6, 6.07) is 6.71. The molecule has 1 saturated heterocycles. The number of hydrogen-bond donors (Lipinski definition) is 2. The molecule has 3 rings (SSSR count). The molecule has 2 unspecified atom stereocenters. The van der Waals surface area contributed by atoms with Gasteiger partial charge in [0.2, 0.25) is 5.91 Å². The van der Waals surface area contributed by atoms with Crippen LogP contribution in [-0.2, 0) is 11.2 Å². The average Bonchev–Trinajstić information content (AvgIpc) is 2.92. The highest BCUT2D eigenvalue weighted by Crippen LogP contribution is 2.17. The van der Waals surface area contributed by atoms with Crippen LogP contribution in [0.1, 0.15) is 31.7 Å². The Labute approximate surface area is 155 Å². The molecule has 1 fully saturated rings. The first-order chi connectivity index (χ1) is 10.6. The van der Waals surface area contributed by atoms with Gasteiger partial charge < -0.3 is 15.2 Å². The van der Waals surface area contributed by atoms with Gasteiger partial charge in [0.15, 0.2) is 0 Å². The summed E-state index contributed by atoms with van der Waals surface area (Å²) in [6.07, 6.45) is 1.17. The third-order valence-electron chi connectivity index (χ3n) is 4.69. The summed E-state index contributed by atoms with van der Waals surface area (Å²) < 4.78 is 0. The number of nitrogens with zero attached hydrogens (tertiary/aromatic N) is 2. The Kier molecular flexibility index (Phi) is 7.52. The Bertz CT molecular complexity index is 688. The van der Waals surface area contributed by atoms with Crippen molar-refractivity contribution in [1.82, 2.24) is 20.2 Å². The number of rotatable bonds is 3. The molecule has 2 N–H and O–H groups in total. The summed E-state index contributed by atoms with van der Waals surface area (Å²) in [5, 5.41) is 3.40. The van der Waals surface area contributed by atoms with Crippen molar-refractivity contribution in [3.8, 4) is 0 Å². The third kappa shape index (κ3) is 4.21. The van der Waals surface area contributed by atoms with E-state index in [1.54, 1.807) is 0 Å². The van der Waals surface area contributed by atoms with E-state index < -0.39 is 0 Å². The van der Waals surface area contributed by atoms with Gasteiger partial charge in [0.05, 0.1) is 11.0 Å². The summed E-state index contributed by atoms with van der Waals surface area (Å²) in [7, 11) is 0. The van der Waals surface area contributed by atoms with Gasteiger partial charge in [-0.15, -0.1) is 24.8 Å². The fourth-order valence-corrected chi connectivity index (χ4v) is 3.12. The fraction of sp³-hybridized carbons (Fsp3) is 0.529. The minimum absolute atomic E-state index is 0. The highest BCUT2D eigenvalue weighted by atomic mass is 35.5. The predicted molar refractivity (Wildman–Crippen MR) is 102 cm³/mol. The van der Waals surface area contributed by atoms with Gasteiger partial charge in [-0.25, -0.2) is 4.98 Å². The van der Waals surface area contributed by atoms with Gasteiger partial charge >= 0.3 is 0 Å². The number of piperazine rings is 1. The lowest BCUT2D eigenvalue weighted by molar-refractivity contribution is -0.134. The SMILES string of the molecule is Cc1cccc2[nH]c(CCC(=O)N3CCNC(C)C3C)nc12.Cl.Cl. The topological polar surface area (TPSA) is 61.0 Å². The first kappa shape index (κ1) is 20.7. The molecule has 2 atom stereocenters. The summed E-state index contributed by atoms with van der Waals surface area (Å²) in [4.78, 5) is 22.4. The number of amides is 1. The fourth-order valence-electron chi connectivity index (χ4n) is 3.12. The van der Waals surface area contributed by atoms with Crippen LogP contribution in [0.4, 0.5) is 0 Å². The first-order valence-electron chi connectivity index (χ1n) is 8.03. The highest BCUT2D eigenvalue weighted by molar-refractivity contribution is 5.85. The maximum Gasteiger partial charge on any atom is 0.223 e. The van der Waals surface area contributed by atoms with Crippen LogP contribution in [0.2, 0.25) is 0 Å². The number of H-pyrrole nitrogens is 1. The number of aromatic amines is 1. The second kappa shape index (κ2) is 8.70. The number of fused-ring (bicyclic) bond motifs is 1. The van der Waals surface area contributed by atoms with Crippen LogP contribution in [0, 0.1) is 6.92 Å². The van der Waals surface area contributed by atoms with Crippen molar-refractivity contribution in [2.24, 2.45) is 0 Å². The molecular formula is C17H26Cl2N4O. The van der Waals surface area contributed by atoms with E-state index in [1.165, 1.54) is 0 Å². The lowest BCUT2D eigenvalue weighted by Gasteiger charge is -2.38. The van der Waals surface area contributed by atoms with E-state index in [-0.39, 0.29) is 36.8 Å². The minimum Gasteiger partial charge on any atom is -0.342 e. The second-order valence-electron chi connectivity index (χ2n) is 6.23. The zero-order chi connectivity index (χ0) is 15.7. The maximum atomic E-state index is 12.5. The number of para-hydroxylation sites is 1. The van der Waals surface area contributed by atoms with Crippen LogP contribution < -0.4 is 5.32 Å². The number of aryl methyl sites for hydroxylation is 2. The zero-order valence-electron chi connectivity index (χ0n) is 14.3. The number of halogens is 2. The lowest BCUT2D eigenvalue weighted by Crippen LogP contribution is -2.57. The van der Waals surface area contributed by atoms with E-state index in [0.717, 1.165) is 35.5 Å². The van der Waals surface area contributed by atoms with Crippen LogP contribution in [0.25, 0.3) is 11.0 Å². The predicted octanol–water partition coefficient (Wildman–Crippen LogP) is 2.86. The standard InChI is InChI=1S/C17H24N4O.2ClH/c1-11-5-4-6-14-17(11)20-15(19-14)7-8-16(22)21-10-9-18-12(2)13(21)3;;/h4-6,12-13,18H,7-10H2,1-3H3,(H,19,20);2*1H. The van der Waals surface area contributed by atoms with E-state index in [1.807, 2.05) is 17.0 Å². The molecule has 1 aromatic heterocycles. The molecule has 1 aromatic carbocycles. The Morgan fingerprint density at radius 3 is 2.79 bits per heavy atom. The summed E-state index contributed by atoms with van der Waals surface area (Å²) in [6.45, 7) is 7.97. The van der Waals surface area contributed by atoms with Crippen LogP contribution in [0.15, 0.2) is 18.2 Å². The van der Waals surface area contributed by atoms with Gasteiger partial charge in [-0.2, -0.15) is 0 Å². The summed E-state index contributed by atoms with van der Waals surface area (Å²) >= 11 is 0. The number of carbonyl (C=O) groups is 1. The minimum atomic E-state index is 0. The van der Waals surface area contributed by atoms with Gasteiger partial charge in [-0.3, -0.25) is 4.79 Å². The summed E-state index contributed by atoms with van der Waals surface area (Å²) in [5.74, 6) is 1.12. The average molecular weight is 373 g/mol. The Morgan fingerprint density at radius 1 is 1.33 bits per heavy atom. The van der Waals surface area contributed by atoms with E-state index in [9.17, 15) is 4.79 Å². The lowest BCUT2D eigenvalue weighted by atomic mass is 10.1. The summed E-state index contributed by atoms with van der Waals surface area (Å²) in [5.41, 5.74) is 3.22. The van der Waals surface area contributed by atoms with Crippen molar-refractivity contribution in [3.05, 3.63) is 29.6 Å². The van der Waals surface area contributed by atoms with Gasteiger partial charge in [-0.1, -0.05) is 12.1 Å². The van der Waals surface area contributed by atoms with Crippen molar-refractivity contribution in [2.75, 3.05) is 13.1 Å². The molecule has 134 valence electrons. The molecule has 2 aromatic rings. The molecular weight excluding hydrogens is 347 g/mol. The van der Waals surface area contributed by atoms with E-state index >= 15 is 0 Å². The maximum absolute atomic E-state index is 12.5. The molecule has 1 amide bonds. The quantitative estimate of drug-likeness (QED) is 0.870. The van der Waals surface area contributed by atoms with Crippen molar-refractivity contribution in [3.63, 3.8) is 0 Å². The molecule has 1 aliphatic heterocycles. The number of imidazole rings is 1. The van der Waals surface area contributed by atoms with Gasteiger partial charge in [-0.05, 0) is 32.4 Å². The molecule has 1 aliphatic rings. The molecule has 7 heteroatoms. The normalized spacial score (nSPS) is 20.4. The Morgan fingerprint density at radius 2 is 2.08 bits per heavy atom. The van der Waals surface area contributed by atoms with Crippen molar-refractivity contribution in [2.45, 2.75) is 45.7 Å². The number of aromatic nitrogens is 2. The van der Waals surface area contributed by atoms with Gasteiger partial charge in [0.1, 0.15) is 5.82 Å². The molecule has 2 heterocycles. The van der Waals surface area contributed by atoms with E-state index in [4.69, 9.17) is 0 Å². The highest BCUT2D eigenvalue weighted by Gasteiger charge is 2.27. The number of nitrogens with one attached hydrogen (secondary N) is 2. The molecule has 5 nitrogen and oxygen atoms in total. The number of hydrogen-bond acceptors (Lipinski definition) is 3.